The molecule has 2 unspecified atom stereocenters. The Morgan fingerprint density at radius 2 is 1.65 bits per heavy atom. The molecule has 0 spiro atoms. The molecule has 0 radical (unpaired) electrons. The quantitative estimate of drug-likeness (QED) is 0.578. The molecule has 1 nitrogen and oxygen atoms in total. The lowest BCUT2D eigenvalue weighted by atomic mass is 10.1. The van der Waals surface area contributed by atoms with Crippen LogP contribution in [0, 0.1) is 0 Å². The van der Waals surface area contributed by atoms with Crippen molar-refractivity contribution >= 4 is 31.6 Å². The van der Waals surface area contributed by atoms with Gasteiger partial charge >= 0.3 is 0 Å². The molecule has 1 aromatic carbocycles. The van der Waals surface area contributed by atoms with E-state index in [4.69, 9.17) is 4.74 Å². The van der Waals surface area contributed by atoms with Gasteiger partial charge in [-0.2, -0.15) is 23.5 Å². The molecular weight excluding hydrogens is 300 g/mol. The summed E-state index contributed by atoms with van der Waals surface area (Å²) >= 11 is 4.01. The maximum Gasteiger partial charge on any atom is 0.118 e. The number of hydrogen-bond acceptors (Lipinski definition) is 3. The van der Waals surface area contributed by atoms with Crippen molar-refractivity contribution in [2.45, 2.75) is 42.6 Å². The fraction of sp³-hybridized carbons (Fsp3) is 0.625. The summed E-state index contributed by atoms with van der Waals surface area (Å²) in [5, 5.41) is 1.37. The zero-order valence-electron chi connectivity index (χ0n) is 13.6. The van der Waals surface area contributed by atoms with Gasteiger partial charge < -0.3 is 4.74 Å². The largest absolute Gasteiger partial charge is 0.497 e. The molecule has 1 aromatic rings. The molecular formula is C16H28OS2Si. The van der Waals surface area contributed by atoms with Crippen molar-refractivity contribution in [1.29, 1.82) is 0 Å². The van der Waals surface area contributed by atoms with Gasteiger partial charge in [-0.1, -0.05) is 31.8 Å². The van der Waals surface area contributed by atoms with E-state index in [1.807, 2.05) is 23.5 Å². The Bertz CT molecular complexity index is 386. The first-order valence-corrected chi connectivity index (χ1v) is 13.4. The van der Waals surface area contributed by atoms with Crippen LogP contribution in [-0.2, 0) is 0 Å². The Labute approximate surface area is 134 Å². The van der Waals surface area contributed by atoms with Gasteiger partial charge in [0, 0.05) is 18.6 Å². The first kappa shape index (κ1) is 18.0. The molecule has 20 heavy (non-hydrogen) atoms. The molecule has 0 aromatic heterocycles. The Kier molecular flexibility index (Phi) is 7.55. The highest BCUT2D eigenvalue weighted by Gasteiger charge is 2.23. The first-order chi connectivity index (χ1) is 9.39. The van der Waals surface area contributed by atoms with Crippen molar-refractivity contribution in [3.8, 4) is 5.75 Å². The van der Waals surface area contributed by atoms with Crippen LogP contribution in [0.1, 0.15) is 17.2 Å². The number of hydrogen-bond donors (Lipinski definition) is 0. The van der Waals surface area contributed by atoms with E-state index in [1.165, 1.54) is 18.0 Å². The van der Waals surface area contributed by atoms with E-state index in [1.54, 1.807) is 7.11 Å². The van der Waals surface area contributed by atoms with Gasteiger partial charge in [-0.05, 0) is 42.7 Å². The second kappa shape index (κ2) is 8.40. The van der Waals surface area contributed by atoms with E-state index >= 15 is 0 Å². The summed E-state index contributed by atoms with van der Waals surface area (Å²) in [5.74, 6) is 0.942. The minimum absolute atomic E-state index is 0.592. The Balaban J connectivity index is 2.73. The third kappa shape index (κ3) is 6.14. The van der Waals surface area contributed by atoms with Crippen molar-refractivity contribution < 1.29 is 4.74 Å². The van der Waals surface area contributed by atoms with Crippen LogP contribution >= 0.6 is 23.5 Å². The molecule has 0 saturated carbocycles. The topological polar surface area (TPSA) is 9.23 Å². The Hall–Kier alpha value is -0.0631. The Morgan fingerprint density at radius 1 is 1.05 bits per heavy atom. The van der Waals surface area contributed by atoms with Crippen LogP contribution in [0.15, 0.2) is 24.3 Å². The number of rotatable bonds is 8. The van der Waals surface area contributed by atoms with E-state index in [9.17, 15) is 0 Å². The van der Waals surface area contributed by atoms with Gasteiger partial charge in [-0.15, -0.1) is 0 Å². The summed E-state index contributed by atoms with van der Waals surface area (Å²) in [6.07, 6.45) is 5.75. The van der Waals surface area contributed by atoms with E-state index in [2.05, 4.69) is 56.4 Å². The lowest BCUT2D eigenvalue weighted by molar-refractivity contribution is 0.414. The molecule has 2 atom stereocenters. The zero-order chi connectivity index (χ0) is 15.2. The van der Waals surface area contributed by atoms with Crippen molar-refractivity contribution in [2.75, 3.05) is 19.6 Å². The summed E-state index contributed by atoms with van der Waals surface area (Å²) in [5.41, 5.74) is 1.42. The van der Waals surface area contributed by atoms with Crippen molar-refractivity contribution in [3.05, 3.63) is 29.8 Å². The number of methoxy groups -OCH3 is 1. The summed E-state index contributed by atoms with van der Waals surface area (Å²) in [6.45, 7) is 7.41. The molecule has 0 fully saturated rings. The lowest BCUT2D eigenvalue weighted by Crippen LogP contribution is -2.26. The molecule has 0 bridgehead atoms. The molecule has 0 aliphatic heterocycles. The highest BCUT2D eigenvalue weighted by molar-refractivity contribution is 8.00. The molecule has 0 amide bonds. The van der Waals surface area contributed by atoms with Crippen LogP contribution in [0.2, 0.25) is 25.7 Å². The van der Waals surface area contributed by atoms with Crippen LogP contribution in [-0.4, -0.2) is 32.9 Å². The fourth-order valence-corrected chi connectivity index (χ4v) is 7.43. The summed E-state index contributed by atoms with van der Waals surface area (Å²) in [4.78, 5) is 0. The highest BCUT2D eigenvalue weighted by Crippen LogP contribution is 2.37. The number of benzene rings is 1. The third-order valence-electron chi connectivity index (χ3n) is 3.42. The molecule has 0 aliphatic carbocycles. The summed E-state index contributed by atoms with van der Waals surface area (Å²) in [6, 6.07) is 9.98. The van der Waals surface area contributed by atoms with Crippen molar-refractivity contribution in [3.63, 3.8) is 0 Å². The summed E-state index contributed by atoms with van der Waals surface area (Å²) in [7, 11) is 0.734. The van der Waals surface area contributed by atoms with Crippen LogP contribution in [0.25, 0.3) is 0 Å². The van der Waals surface area contributed by atoms with Crippen molar-refractivity contribution in [1.82, 2.24) is 0 Å². The van der Waals surface area contributed by atoms with E-state index < -0.39 is 8.07 Å². The van der Waals surface area contributed by atoms with E-state index in [0.717, 1.165) is 11.0 Å². The molecule has 0 heterocycles. The van der Waals surface area contributed by atoms with Gasteiger partial charge in [0.25, 0.3) is 0 Å². The Morgan fingerprint density at radius 3 is 2.05 bits per heavy atom. The molecule has 0 saturated heterocycles. The van der Waals surface area contributed by atoms with Gasteiger partial charge in [0.1, 0.15) is 5.75 Å². The minimum atomic E-state index is -0.987. The first-order valence-electron chi connectivity index (χ1n) is 7.09. The van der Waals surface area contributed by atoms with E-state index in [-0.39, 0.29) is 0 Å². The molecule has 1 rings (SSSR count). The predicted molar refractivity (Wildman–Crippen MR) is 99.3 cm³/mol. The highest BCUT2D eigenvalue weighted by atomic mass is 32.2. The smallest absolute Gasteiger partial charge is 0.118 e. The maximum absolute atomic E-state index is 5.25. The standard InChI is InChI=1S/C16H28OS2Si/c1-17-14-9-7-13(8-10-14)16(19-3)11-15(18-2)12-20(4,5)6/h7-10,15-16H,11-12H2,1-6H3. The van der Waals surface area contributed by atoms with Crippen LogP contribution in [0.4, 0.5) is 0 Å². The lowest BCUT2D eigenvalue weighted by Gasteiger charge is -2.26. The van der Waals surface area contributed by atoms with Crippen molar-refractivity contribution in [2.24, 2.45) is 0 Å². The molecule has 0 N–H and O–H groups in total. The SMILES string of the molecule is COc1ccc(C(CC(C[Si](C)(C)C)SC)SC)cc1. The third-order valence-corrected chi connectivity index (χ3v) is 7.50. The fourth-order valence-electron chi connectivity index (χ4n) is 2.37. The predicted octanol–water partition coefficient (Wildman–Crippen LogP) is 5.56. The van der Waals surface area contributed by atoms with Gasteiger partial charge in [0.05, 0.1) is 7.11 Å². The van der Waals surface area contributed by atoms with E-state index in [0.29, 0.717) is 5.25 Å². The second-order valence-corrected chi connectivity index (χ2v) is 14.1. The van der Waals surface area contributed by atoms with Gasteiger partial charge in [0.2, 0.25) is 0 Å². The van der Waals surface area contributed by atoms with Gasteiger partial charge in [-0.25, -0.2) is 0 Å². The molecule has 114 valence electrons. The second-order valence-electron chi connectivity index (χ2n) is 6.36. The molecule has 4 heteroatoms. The molecule has 0 aliphatic rings. The average Bonchev–Trinajstić information content (AvgIpc) is 2.42. The monoisotopic (exact) mass is 328 g/mol. The summed E-state index contributed by atoms with van der Waals surface area (Å²) < 4.78 is 5.25. The van der Waals surface area contributed by atoms with Crippen LogP contribution in [0.5, 0.6) is 5.75 Å². The number of thioether (sulfide) groups is 2. The number of ether oxygens (including phenoxy) is 1. The normalized spacial score (nSPS) is 14.9. The van der Waals surface area contributed by atoms with Crippen LogP contribution < -0.4 is 4.74 Å². The maximum atomic E-state index is 5.25. The average molecular weight is 329 g/mol. The minimum Gasteiger partial charge on any atom is -0.497 e. The van der Waals surface area contributed by atoms with Gasteiger partial charge in [-0.3, -0.25) is 0 Å². The van der Waals surface area contributed by atoms with Crippen LogP contribution in [0.3, 0.4) is 0 Å². The van der Waals surface area contributed by atoms with Gasteiger partial charge in [0.15, 0.2) is 0 Å². The zero-order valence-corrected chi connectivity index (χ0v) is 16.2.